The van der Waals surface area contributed by atoms with Crippen molar-refractivity contribution in [3.63, 3.8) is 0 Å². The standard InChI is InChI=1S/C24H28N2O2/c1-15-7-9-19-23(27-13-17-5-3-11-25(17)19)21(15)22-16(2)8-10-20-24(22)28-14-18-6-4-12-26(18)20/h7-10,17-18H,3-6,11-14H2,1-2H3. The molecule has 4 aliphatic rings. The number of rotatable bonds is 1. The average molecular weight is 377 g/mol. The van der Waals surface area contributed by atoms with Crippen LogP contribution in [0.15, 0.2) is 24.3 Å². The van der Waals surface area contributed by atoms with Crippen LogP contribution in [0.4, 0.5) is 11.4 Å². The van der Waals surface area contributed by atoms with Crippen LogP contribution in [-0.2, 0) is 0 Å². The molecule has 2 atom stereocenters. The lowest BCUT2D eigenvalue weighted by Crippen LogP contribution is -2.39. The van der Waals surface area contributed by atoms with Gasteiger partial charge in [-0.25, -0.2) is 0 Å². The quantitative estimate of drug-likeness (QED) is 0.721. The van der Waals surface area contributed by atoms with Crippen molar-refractivity contribution in [1.29, 1.82) is 0 Å². The first-order chi connectivity index (χ1) is 13.7. The molecule has 0 saturated carbocycles. The summed E-state index contributed by atoms with van der Waals surface area (Å²) in [5.74, 6) is 2.11. The van der Waals surface area contributed by atoms with E-state index in [4.69, 9.17) is 9.47 Å². The first-order valence-electron chi connectivity index (χ1n) is 10.8. The van der Waals surface area contributed by atoms with Gasteiger partial charge < -0.3 is 19.3 Å². The molecule has 4 heterocycles. The molecule has 2 fully saturated rings. The average Bonchev–Trinajstić information content (AvgIpc) is 3.37. The summed E-state index contributed by atoms with van der Waals surface area (Å²) < 4.78 is 12.9. The second-order valence-corrected chi connectivity index (χ2v) is 8.81. The molecule has 4 nitrogen and oxygen atoms in total. The van der Waals surface area contributed by atoms with Crippen LogP contribution in [0.2, 0.25) is 0 Å². The van der Waals surface area contributed by atoms with E-state index in [2.05, 4.69) is 47.9 Å². The lowest BCUT2D eigenvalue weighted by molar-refractivity contribution is 0.269. The zero-order valence-electron chi connectivity index (χ0n) is 16.8. The Morgan fingerprint density at radius 2 is 1.18 bits per heavy atom. The van der Waals surface area contributed by atoms with Crippen molar-refractivity contribution in [3.05, 3.63) is 35.4 Å². The van der Waals surface area contributed by atoms with Crippen LogP contribution in [0, 0.1) is 13.8 Å². The van der Waals surface area contributed by atoms with Gasteiger partial charge in [0.1, 0.15) is 13.2 Å². The van der Waals surface area contributed by atoms with Gasteiger partial charge in [0.2, 0.25) is 0 Å². The summed E-state index contributed by atoms with van der Waals surface area (Å²) in [5, 5.41) is 0. The van der Waals surface area contributed by atoms with Crippen LogP contribution in [0.25, 0.3) is 11.1 Å². The summed E-state index contributed by atoms with van der Waals surface area (Å²) in [6.45, 7) is 8.28. The zero-order valence-corrected chi connectivity index (χ0v) is 16.8. The molecular formula is C24H28N2O2. The maximum Gasteiger partial charge on any atom is 0.150 e. The minimum atomic E-state index is 0.537. The lowest BCUT2D eigenvalue weighted by atomic mass is 9.91. The first kappa shape index (κ1) is 16.6. The molecule has 0 radical (unpaired) electrons. The van der Waals surface area contributed by atoms with Crippen molar-refractivity contribution < 1.29 is 9.47 Å². The Bertz CT molecular complexity index is 877. The minimum absolute atomic E-state index is 0.537. The van der Waals surface area contributed by atoms with Crippen LogP contribution in [-0.4, -0.2) is 38.4 Å². The Morgan fingerprint density at radius 1 is 0.714 bits per heavy atom. The number of nitrogens with zero attached hydrogens (tertiary/aromatic N) is 2. The van der Waals surface area contributed by atoms with E-state index in [0.717, 1.165) is 37.8 Å². The molecule has 2 saturated heterocycles. The molecule has 0 amide bonds. The van der Waals surface area contributed by atoms with E-state index in [1.807, 2.05) is 0 Å². The molecule has 6 rings (SSSR count). The summed E-state index contributed by atoms with van der Waals surface area (Å²) in [7, 11) is 0. The highest BCUT2D eigenvalue weighted by atomic mass is 16.5. The predicted octanol–water partition coefficient (Wildman–Crippen LogP) is 4.69. The van der Waals surface area contributed by atoms with Crippen LogP contribution in [0.5, 0.6) is 11.5 Å². The molecule has 2 aromatic rings. The number of fused-ring (bicyclic) bond motifs is 6. The largest absolute Gasteiger partial charge is 0.489 e. The molecule has 2 unspecified atom stereocenters. The van der Waals surface area contributed by atoms with E-state index in [9.17, 15) is 0 Å². The normalized spacial score (nSPS) is 24.8. The highest BCUT2D eigenvalue weighted by molar-refractivity contribution is 5.90. The summed E-state index contributed by atoms with van der Waals surface area (Å²) >= 11 is 0. The van der Waals surface area contributed by atoms with Gasteiger partial charge in [0.15, 0.2) is 11.5 Å². The van der Waals surface area contributed by atoms with E-state index < -0.39 is 0 Å². The molecule has 0 aromatic heterocycles. The molecule has 146 valence electrons. The van der Waals surface area contributed by atoms with Crippen LogP contribution in [0.1, 0.15) is 36.8 Å². The number of aryl methyl sites for hydroxylation is 2. The van der Waals surface area contributed by atoms with Gasteiger partial charge in [0.25, 0.3) is 0 Å². The fourth-order valence-corrected chi connectivity index (χ4v) is 5.72. The minimum Gasteiger partial charge on any atom is -0.489 e. The number of benzene rings is 2. The Balaban J connectivity index is 1.56. The summed E-state index contributed by atoms with van der Waals surface area (Å²) in [6, 6.07) is 10.1. The zero-order chi connectivity index (χ0) is 18.8. The van der Waals surface area contributed by atoms with Gasteiger partial charge in [0, 0.05) is 24.2 Å². The highest BCUT2D eigenvalue weighted by Crippen LogP contribution is 2.52. The number of ether oxygens (including phenoxy) is 2. The highest BCUT2D eigenvalue weighted by Gasteiger charge is 2.37. The maximum absolute atomic E-state index is 6.43. The van der Waals surface area contributed by atoms with Gasteiger partial charge in [-0.15, -0.1) is 0 Å². The number of anilines is 2. The summed E-state index contributed by atoms with van der Waals surface area (Å²) in [5.41, 5.74) is 7.52. The molecule has 4 heteroatoms. The topological polar surface area (TPSA) is 24.9 Å². The predicted molar refractivity (Wildman–Crippen MR) is 113 cm³/mol. The SMILES string of the molecule is Cc1ccc2c(c1-c1c(C)ccc3c1OCC1CCCN31)OCC1CCCN21. The number of hydrogen-bond acceptors (Lipinski definition) is 4. The fraction of sp³-hybridized carbons (Fsp3) is 0.500. The van der Waals surface area contributed by atoms with E-state index in [0.29, 0.717) is 12.1 Å². The Labute approximate surface area is 167 Å². The van der Waals surface area contributed by atoms with Crippen molar-refractivity contribution in [2.75, 3.05) is 36.1 Å². The van der Waals surface area contributed by atoms with E-state index in [-0.39, 0.29) is 0 Å². The van der Waals surface area contributed by atoms with Crippen LogP contribution >= 0.6 is 0 Å². The maximum atomic E-state index is 6.43. The first-order valence-corrected chi connectivity index (χ1v) is 10.8. The molecule has 4 aliphatic heterocycles. The van der Waals surface area contributed by atoms with Crippen molar-refractivity contribution >= 4 is 11.4 Å². The third-order valence-electron chi connectivity index (χ3n) is 7.15. The van der Waals surface area contributed by atoms with Crippen molar-refractivity contribution in [2.45, 2.75) is 51.6 Å². The van der Waals surface area contributed by atoms with Gasteiger partial charge in [-0.2, -0.15) is 0 Å². The second-order valence-electron chi connectivity index (χ2n) is 8.81. The Hall–Kier alpha value is -2.36. The Morgan fingerprint density at radius 3 is 1.64 bits per heavy atom. The van der Waals surface area contributed by atoms with Gasteiger partial charge in [-0.1, -0.05) is 12.1 Å². The second kappa shape index (κ2) is 6.07. The molecule has 2 aromatic carbocycles. The fourth-order valence-electron chi connectivity index (χ4n) is 5.72. The van der Waals surface area contributed by atoms with Crippen molar-refractivity contribution in [3.8, 4) is 22.6 Å². The van der Waals surface area contributed by atoms with E-state index >= 15 is 0 Å². The summed E-state index contributed by atoms with van der Waals surface area (Å²) in [4.78, 5) is 5.12. The van der Waals surface area contributed by atoms with Gasteiger partial charge in [-0.05, 0) is 62.8 Å². The van der Waals surface area contributed by atoms with Gasteiger partial charge in [-0.3, -0.25) is 0 Å². The lowest BCUT2D eigenvalue weighted by Gasteiger charge is -2.37. The van der Waals surface area contributed by atoms with Crippen LogP contribution in [0.3, 0.4) is 0 Å². The third-order valence-corrected chi connectivity index (χ3v) is 7.15. The van der Waals surface area contributed by atoms with Crippen molar-refractivity contribution in [1.82, 2.24) is 0 Å². The monoisotopic (exact) mass is 376 g/mol. The Kier molecular flexibility index (Phi) is 3.59. The van der Waals surface area contributed by atoms with Crippen LogP contribution < -0.4 is 19.3 Å². The number of hydrogen-bond donors (Lipinski definition) is 0. The van der Waals surface area contributed by atoms with Gasteiger partial charge in [0.05, 0.1) is 23.5 Å². The van der Waals surface area contributed by atoms with E-state index in [1.165, 1.54) is 59.3 Å². The molecule has 28 heavy (non-hydrogen) atoms. The van der Waals surface area contributed by atoms with Gasteiger partial charge >= 0.3 is 0 Å². The molecule has 0 N–H and O–H groups in total. The molecule has 0 aliphatic carbocycles. The van der Waals surface area contributed by atoms with Crippen molar-refractivity contribution in [2.24, 2.45) is 0 Å². The molecule has 0 spiro atoms. The third kappa shape index (κ3) is 2.23. The van der Waals surface area contributed by atoms with E-state index in [1.54, 1.807) is 0 Å². The molecule has 0 bridgehead atoms. The summed E-state index contributed by atoms with van der Waals surface area (Å²) in [6.07, 6.45) is 5.00. The smallest absolute Gasteiger partial charge is 0.150 e. The molecular weight excluding hydrogens is 348 g/mol.